The van der Waals surface area contributed by atoms with Gasteiger partial charge in [0.15, 0.2) is 17.1 Å². The summed E-state index contributed by atoms with van der Waals surface area (Å²) in [5.41, 5.74) is 1.65. The smallest absolute Gasteiger partial charge is 0.287 e. The molecule has 0 spiro atoms. The van der Waals surface area contributed by atoms with Gasteiger partial charge in [0, 0.05) is 26.1 Å². The number of hydrogen-bond donors (Lipinski definition) is 2. The Balaban J connectivity index is 1.66. The van der Waals surface area contributed by atoms with Crippen molar-refractivity contribution in [3.63, 3.8) is 0 Å². The normalized spacial score (nSPS) is 11.0. The molecule has 0 saturated heterocycles. The van der Waals surface area contributed by atoms with E-state index in [0.29, 0.717) is 17.6 Å². The number of aromatic hydroxyl groups is 1. The van der Waals surface area contributed by atoms with Gasteiger partial charge in [-0.05, 0) is 23.3 Å². The molecule has 0 atom stereocenters. The van der Waals surface area contributed by atoms with Gasteiger partial charge in [0.1, 0.15) is 5.82 Å². The molecule has 0 radical (unpaired) electrons. The summed E-state index contributed by atoms with van der Waals surface area (Å²) in [6, 6.07) is 16.5. The highest BCUT2D eigenvalue weighted by atomic mass is 19.1. The van der Waals surface area contributed by atoms with E-state index in [0.717, 1.165) is 5.56 Å². The monoisotopic (exact) mass is 406 g/mol. The summed E-state index contributed by atoms with van der Waals surface area (Å²) in [5, 5.41) is 13.4. The molecule has 152 valence electrons. The number of fused-ring (bicyclic) bond motifs is 1. The van der Waals surface area contributed by atoms with E-state index in [1.807, 2.05) is 30.3 Å². The largest absolute Gasteiger partial charge is 0.504 e. The van der Waals surface area contributed by atoms with Crippen molar-refractivity contribution in [2.24, 2.45) is 7.05 Å². The Labute approximate surface area is 171 Å². The lowest BCUT2D eigenvalue weighted by Crippen LogP contribution is -2.22. The number of amides is 1. The summed E-state index contributed by atoms with van der Waals surface area (Å²) in [6.45, 7) is 0.317. The molecule has 0 bridgehead atoms. The molecule has 2 aromatic carbocycles. The molecule has 0 fully saturated rings. The fourth-order valence-electron chi connectivity index (χ4n) is 3.29. The number of benzene rings is 2. The van der Waals surface area contributed by atoms with Crippen LogP contribution in [0.15, 0.2) is 69.9 Å². The van der Waals surface area contributed by atoms with Crippen molar-refractivity contribution in [3.05, 3.63) is 99.3 Å². The van der Waals surface area contributed by atoms with E-state index in [4.69, 9.17) is 4.42 Å². The molecule has 7 heteroatoms. The molecule has 2 aromatic heterocycles. The van der Waals surface area contributed by atoms with E-state index in [1.54, 1.807) is 19.2 Å². The molecule has 0 aliphatic heterocycles. The first-order valence-corrected chi connectivity index (χ1v) is 9.35. The van der Waals surface area contributed by atoms with Gasteiger partial charge in [0.2, 0.25) is 0 Å². The van der Waals surface area contributed by atoms with Crippen molar-refractivity contribution in [2.75, 3.05) is 0 Å². The number of rotatable bonds is 5. The minimum absolute atomic E-state index is 0.00911. The summed E-state index contributed by atoms with van der Waals surface area (Å²) >= 11 is 0. The summed E-state index contributed by atoms with van der Waals surface area (Å²) in [4.78, 5) is 25.2. The number of halogens is 1. The molecular formula is C23H19FN2O4. The van der Waals surface area contributed by atoms with Gasteiger partial charge < -0.3 is 19.4 Å². The third kappa shape index (κ3) is 3.69. The second kappa shape index (κ2) is 7.87. The van der Waals surface area contributed by atoms with Gasteiger partial charge >= 0.3 is 0 Å². The molecule has 0 aliphatic rings. The Morgan fingerprint density at radius 1 is 1.10 bits per heavy atom. The Kier molecular flexibility index (Phi) is 5.10. The maximum atomic E-state index is 13.1. The SMILES string of the molecule is Cn1c(=O)c(Cc2ccc(F)cc2)c(O)c2oc(C(=O)NCc3ccccc3)cc21. The first-order chi connectivity index (χ1) is 14.4. The van der Waals surface area contributed by atoms with Crippen LogP contribution in [0, 0.1) is 5.82 Å². The molecule has 1 amide bonds. The standard InChI is InChI=1S/C23H19FN2O4/c1-26-18-12-19(22(28)25-13-15-5-3-2-4-6-15)30-21(18)20(27)17(23(26)29)11-14-7-9-16(24)10-8-14/h2-10,12,27H,11,13H2,1H3,(H,25,28). The molecule has 30 heavy (non-hydrogen) atoms. The number of aromatic nitrogens is 1. The van der Waals surface area contributed by atoms with Gasteiger partial charge in [0.25, 0.3) is 11.5 Å². The topological polar surface area (TPSA) is 84.5 Å². The highest BCUT2D eigenvalue weighted by Gasteiger charge is 2.21. The number of furan rings is 1. The fourth-order valence-corrected chi connectivity index (χ4v) is 3.29. The zero-order valence-corrected chi connectivity index (χ0v) is 16.2. The van der Waals surface area contributed by atoms with Crippen molar-refractivity contribution in [3.8, 4) is 5.75 Å². The summed E-state index contributed by atoms with van der Waals surface area (Å²) in [6.07, 6.45) is 0.102. The lowest BCUT2D eigenvalue weighted by atomic mass is 10.0. The van der Waals surface area contributed by atoms with Crippen LogP contribution in [0.4, 0.5) is 4.39 Å². The quantitative estimate of drug-likeness (QED) is 0.531. The fraction of sp³-hybridized carbons (Fsp3) is 0.130. The van der Waals surface area contributed by atoms with Crippen LogP contribution in [0.5, 0.6) is 5.75 Å². The molecule has 4 aromatic rings. The number of nitrogens with one attached hydrogen (secondary N) is 1. The Morgan fingerprint density at radius 3 is 2.50 bits per heavy atom. The summed E-state index contributed by atoms with van der Waals surface area (Å²) < 4.78 is 20.1. The molecule has 2 N–H and O–H groups in total. The predicted octanol–water partition coefficient (Wildman–Crippen LogP) is 3.50. The molecule has 0 unspecified atom stereocenters. The van der Waals surface area contributed by atoms with Crippen molar-refractivity contribution >= 4 is 17.0 Å². The highest BCUT2D eigenvalue weighted by molar-refractivity contribution is 5.96. The molecule has 2 heterocycles. The molecule has 0 saturated carbocycles. The van der Waals surface area contributed by atoms with Gasteiger partial charge in [-0.3, -0.25) is 9.59 Å². The summed E-state index contributed by atoms with van der Waals surface area (Å²) in [7, 11) is 1.54. The molecule has 0 aliphatic carbocycles. The number of hydrogen-bond acceptors (Lipinski definition) is 4. The first kappa shape index (κ1) is 19.4. The van der Waals surface area contributed by atoms with Crippen LogP contribution in [0.3, 0.4) is 0 Å². The molecule has 6 nitrogen and oxygen atoms in total. The van der Waals surface area contributed by atoms with Gasteiger partial charge in [-0.15, -0.1) is 0 Å². The maximum absolute atomic E-state index is 13.1. The van der Waals surface area contributed by atoms with Crippen molar-refractivity contribution in [1.82, 2.24) is 9.88 Å². The van der Waals surface area contributed by atoms with Crippen LogP contribution in [0.2, 0.25) is 0 Å². The predicted molar refractivity (Wildman–Crippen MR) is 110 cm³/mol. The van der Waals surface area contributed by atoms with Crippen LogP contribution < -0.4 is 10.9 Å². The lowest BCUT2D eigenvalue weighted by Gasteiger charge is -2.08. The van der Waals surface area contributed by atoms with E-state index >= 15 is 0 Å². The van der Waals surface area contributed by atoms with Gasteiger partial charge in [0.05, 0.1) is 11.1 Å². The van der Waals surface area contributed by atoms with Crippen LogP contribution in [0.25, 0.3) is 11.1 Å². The molecular weight excluding hydrogens is 387 g/mol. The van der Waals surface area contributed by atoms with E-state index in [2.05, 4.69) is 5.32 Å². The van der Waals surface area contributed by atoms with E-state index in [1.165, 1.54) is 22.8 Å². The van der Waals surface area contributed by atoms with Gasteiger partial charge in [-0.1, -0.05) is 42.5 Å². The van der Waals surface area contributed by atoms with Crippen LogP contribution >= 0.6 is 0 Å². The van der Waals surface area contributed by atoms with E-state index in [-0.39, 0.29) is 34.9 Å². The molecule has 4 rings (SSSR count). The minimum atomic E-state index is -0.456. The number of aryl methyl sites for hydroxylation is 1. The Hall–Kier alpha value is -3.87. The minimum Gasteiger partial charge on any atom is -0.504 e. The maximum Gasteiger partial charge on any atom is 0.287 e. The van der Waals surface area contributed by atoms with Crippen LogP contribution in [0.1, 0.15) is 27.2 Å². The summed E-state index contributed by atoms with van der Waals surface area (Å²) in [5.74, 6) is -1.17. The average Bonchev–Trinajstić information content (AvgIpc) is 3.21. The van der Waals surface area contributed by atoms with E-state index in [9.17, 15) is 19.1 Å². The third-order valence-corrected chi connectivity index (χ3v) is 4.95. The van der Waals surface area contributed by atoms with Crippen LogP contribution in [-0.4, -0.2) is 15.6 Å². The number of nitrogens with zero attached hydrogens (tertiary/aromatic N) is 1. The number of carbonyl (C=O) groups is 1. The second-order valence-electron chi connectivity index (χ2n) is 6.99. The van der Waals surface area contributed by atoms with Crippen molar-refractivity contribution in [2.45, 2.75) is 13.0 Å². The number of carbonyl (C=O) groups excluding carboxylic acids is 1. The highest BCUT2D eigenvalue weighted by Crippen LogP contribution is 2.30. The zero-order chi connectivity index (χ0) is 21.3. The van der Waals surface area contributed by atoms with E-state index < -0.39 is 11.5 Å². The second-order valence-corrected chi connectivity index (χ2v) is 6.99. The zero-order valence-electron chi connectivity index (χ0n) is 16.2. The Bertz CT molecular complexity index is 1270. The van der Waals surface area contributed by atoms with Crippen LogP contribution in [-0.2, 0) is 20.0 Å². The van der Waals surface area contributed by atoms with Crippen molar-refractivity contribution in [1.29, 1.82) is 0 Å². The average molecular weight is 406 g/mol. The Morgan fingerprint density at radius 2 is 1.80 bits per heavy atom. The van der Waals surface area contributed by atoms with Gasteiger partial charge in [-0.2, -0.15) is 0 Å². The van der Waals surface area contributed by atoms with Gasteiger partial charge in [-0.25, -0.2) is 4.39 Å². The first-order valence-electron chi connectivity index (χ1n) is 9.35. The third-order valence-electron chi connectivity index (χ3n) is 4.95. The number of pyridine rings is 1. The van der Waals surface area contributed by atoms with Crippen molar-refractivity contribution < 1.29 is 18.7 Å². The lowest BCUT2D eigenvalue weighted by molar-refractivity contribution is 0.0925.